The van der Waals surface area contributed by atoms with Gasteiger partial charge in [-0.3, -0.25) is 9.69 Å². The Balaban J connectivity index is 2.37. The standard InChI is InChI=1S/C13H16FN3O2/c1-3-17-10-6-4-5-9(14)13(10)15-11(17)7-16(2)8-12(18)19/h4-6H,3,7-8H2,1-2H3,(H,18,19). The Labute approximate surface area is 110 Å². The zero-order valence-corrected chi connectivity index (χ0v) is 10.9. The van der Waals surface area contributed by atoms with E-state index in [0.29, 0.717) is 24.4 Å². The van der Waals surface area contributed by atoms with Gasteiger partial charge in [-0.15, -0.1) is 0 Å². The van der Waals surface area contributed by atoms with Crippen molar-refractivity contribution in [3.63, 3.8) is 0 Å². The lowest BCUT2D eigenvalue weighted by Gasteiger charge is -2.14. The first-order valence-corrected chi connectivity index (χ1v) is 6.07. The van der Waals surface area contributed by atoms with Crippen molar-refractivity contribution < 1.29 is 14.3 Å². The Bertz CT molecular complexity index is 609. The quantitative estimate of drug-likeness (QED) is 0.894. The number of rotatable bonds is 5. The second-order valence-corrected chi connectivity index (χ2v) is 4.45. The number of hydrogen-bond acceptors (Lipinski definition) is 3. The summed E-state index contributed by atoms with van der Waals surface area (Å²) < 4.78 is 15.6. The third-order valence-electron chi connectivity index (χ3n) is 2.94. The maximum atomic E-state index is 13.7. The monoisotopic (exact) mass is 265 g/mol. The Morgan fingerprint density at radius 3 is 2.89 bits per heavy atom. The van der Waals surface area contributed by atoms with Crippen LogP contribution < -0.4 is 0 Å². The van der Waals surface area contributed by atoms with E-state index in [4.69, 9.17) is 5.11 Å². The molecule has 1 aromatic heterocycles. The van der Waals surface area contributed by atoms with Gasteiger partial charge in [0.25, 0.3) is 0 Å². The van der Waals surface area contributed by atoms with Gasteiger partial charge in [0.05, 0.1) is 18.6 Å². The van der Waals surface area contributed by atoms with Crippen molar-refractivity contribution in [1.82, 2.24) is 14.5 Å². The summed E-state index contributed by atoms with van der Waals surface area (Å²) in [5.41, 5.74) is 1.07. The number of carboxylic acids is 1. The molecule has 19 heavy (non-hydrogen) atoms. The predicted octanol–water partition coefficient (Wildman–Crippen LogP) is 1.71. The average Bonchev–Trinajstić information content (AvgIpc) is 2.66. The van der Waals surface area contributed by atoms with E-state index in [1.165, 1.54) is 6.07 Å². The van der Waals surface area contributed by atoms with Crippen LogP contribution in [0.4, 0.5) is 4.39 Å². The second kappa shape index (κ2) is 5.36. The molecular weight excluding hydrogens is 249 g/mol. The van der Waals surface area contributed by atoms with Crippen LogP contribution in [0.1, 0.15) is 12.7 Å². The molecule has 6 heteroatoms. The molecule has 2 aromatic rings. The third kappa shape index (κ3) is 2.73. The van der Waals surface area contributed by atoms with Crippen LogP contribution in [0, 0.1) is 5.82 Å². The van der Waals surface area contributed by atoms with Gasteiger partial charge in [0.2, 0.25) is 0 Å². The van der Waals surface area contributed by atoms with E-state index in [1.807, 2.05) is 17.6 Å². The zero-order chi connectivity index (χ0) is 14.0. The Morgan fingerprint density at radius 2 is 2.26 bits per heavy atom. The average molecular weight is 265 g/mol. The largest absolute Gasteiger partial charge is 0.480 e. The maximum Gasteiger partial charge on any atom is 0.317 e. The van der Waals surface area contributed by atoms with E-state index < -0.39 is 5.97 Å². The first-order chi connectivity index (χ1) is 9.02. The Hall–Kier alpha value is -1.95. The SMILES string of the molecule is CCn1c(CN(C)CC(=O)O)nc2c(F)cccc21. The van der Waals surface area contributed by atoms with Gasteiger partial charge in [0.1, 0.15) is 11.3 Å². The number of benzene rings is 1. The molecule has 0 spiro atoms. The molecule has 5 nitrogen and oxygen atoms in total. The fourth-order valence-electron chi connectivity index (χ4n) is 2.16. The van der Waals surface area contributed by atoms with E-state index >= 15 is 0 Å². The molecule has 0 saturated carbocycles. The maximum absolute atomic E-state index is 13.7. The van der Waals surface area contributed by atoms with Gasteiger partial charge in [0.15, 0.2) is 5.82 Å². The number of halogens is 1. The highest BCUT2D eigenvalue weighted by Gasteiger charge is 2.14. The first kappa shape index (κ1) is 13.5. The number of aromatic nitrogens is 2. The third-order valence-corrected chi connectivity index (χ3v) is 2.94. The van der Waals surface area contributed by atoms with E-state index in [0.717, 1.165) is 5.52 Å². The summed E-state index contributed by atoms with van der Waals surface area (Å²) in [6.45, 7) is 2.91. The van der Waals surface area contributed by atoms with Gasteiger partial charge in [-0.25, -0.2) is 9.37 Å². The lowest BCUT2D eigenvalue weighted by atomic mass is 10.3. The highest BCUT2D eigenvalue weighted by molar-refractivity contribution is 5.76. The summed E-state index contributed by atoms with van der Waals surface area (Å²) in [5, 5.41) is 8.74. The van der Waals surface area contributed by atoms with E-state index in [1.54, 1.807) is 18.0 Å². The smallest absolute Gasteiger partial charge is 0.317 e. The van der Waals surface area contributed by atoms with Gasteiger partial charge in [0, 0.05) is 6.54 Å². The van der Waals surface area contributed by atoms with Crippen molar-refractivity contribution in [2.45, 2.75) is 20.0 Å². The number of para-hydroxylation sites is 1. The van der Waals surface area contributed by atoms with E-state index in [2.05, 4.69) is 4.98 Å². The van der Waals surface area contributed by atoms with Crippen LogP contribution in [-0.4, -0.2) is 39.1 Å². The van der Waals surface area contributed by atoms with Crippen molar-refractivity contribution in [3.8, 4) is 0 Å². The highest BCUT2D eigenvalue weighted by atomic mass is 19.1. The Morgan fingerprint density at radius 1 is 1.53 bits per heavy atom. The fraction of sp³-hybridized carbons (Fsp3) is 0.385. The van der Waals surface area contributed by atoms with E-state index in [9.17, 15) is 9.18 Å². The molecule has 1 aromatic carbocycles. The van der Waals surface area contributed by atoms with Crippen LogP contribution in [0.5, 0.6) is 0 Å². The summed E-state index contributed by atoms with van der Waals surface area (Å²) in [6, 6.07) is 4.84. The number of nitrogens with zero attached hydrogens (tertiary/aromatic N) is 3. The molecule has 0 atom stereocenters. The van der Waals surface area contributed by atoms with E-state index in [-0.39, 0.29) is 12.4 Å². The number of hydrogen-bond donors (Lipinski definition) is 1. The molecule has 0 aliphatic carbocycles. The normalized spacial score (nSPS) is 11.4. The number of carboxylic acid groups (broad SMARTS) is 1. The molecule has 0 radical (unpaired) electrons. The molecule has 102 valence electrons. The number of carbonyl (C=O) groups is 1. The predicted molar refractivity (Wildman–Crippen MR) is 69.3 cm³/mol. The molecule has 0 bridgehead atoms. The molecule has 1 N–H and O–H groups in total. The lowest BCUT2D eigenvalue weighted by molar-refractivity contribution is -0.138. The molecule has 0 amide bonds. The molecule has 0 saturated heterocycles. The minimum atomic E-state index is -0.896. The summed E-state index contributed by atoms with van der Waals surface area (Å²) in [5.74, 6) is -0.578. The topological polar surface area (TPSA) is 58.4 Å². The number of aryl methyl sites for hydroxylation is 1. The van der Waals surface area contributed by atoms with Gasteiger partial charge < -0.3 is 9.67 Å². The van der Waals surface area contributed by atoms with Crippen LogP contribution in [0.2, 0.25) is 0 Å². The summed E-state index contributed by atoms with van der Waals surface area (Å²) in [4.78, 5) is 16.6. The zero-order valence-electron chi connectivity index (χ0n) is 10.9. The number of aliphatic carboxylic acids is 1. The summed E-state index contributed by atoms with van der Waals surface area (Å²) in [7, 11) is 1.70. The molecule has 0 aliphatic rings. The van der Waals surface area contributed by atoms with Gasteiger partial charge >= 0.3 is 5.97 Å². The fourth-order valence-corrected chi connectivity index (χ4v) is 2.16. The number of imidazole rings is 1. The number of fused-ring (bicyclic) bond motifs is 1. The molecular formula is C13H16FN3O2. The number of likely N-dealkylation sites (N-methyl/N-ethyl adjacent to an activating group) is 1. The highest BCUT2D eigenvalue weighted by Crippen LogP contribution is 2.19. The molecule has 0 unspecified atom stereocenters. The molecule has 1 heterocycles. The van der Waals surface area contributed by atoms with Gasteiger partial charge in [-0.1, -0.05) is 6.07 Å². The lowest BCUT2D eigenvalue weighted by Crippen LogP contribution is -2.26. The van der Waals surface area contributed by atoms with Crippen molar-refractivity contribution >= 4 is 17.0 Å². The van der Waals surface area contributed by atoms with Crippen molar-refractivity contribution in [3.05, 3.63) is 29.8 Å². The molecule has 0 fully saturated rings. The molecule has 2 rings (SSSR count). The second-order valence-electron chi connectivity index (χ2n) is 4.45. The minimum Gasteiger partial charge on any atom is -0.480 e. The van der Waals surface area contributed by atoms with Crippen molar-refractivity contribution in [1.29, 1.82) is 0 Å². The van der Waals surface area contributed by atoms with Gasteiger partial charge in [-0.05, 0) is 26.1 Å². The van der Waals surface area contributed by atoms with Crippen LogP contribution in [0.15, 0.2) is 18.2 Å². The van der Waals surface area contributed by atoms with Crippen LogP contribution >= 0.6 is 0 Å². The minimum absolute atomic E-state index is 0.0740. The summed E-state index contributed by atoms with van der Waals surface area (Å²) in [6.07, 6.45) is 0. The molecule has 0 aliphatic heterocycles. The van der Waals surface area contributed by atoms with Crippen molar-refractivity contribution in [2.75, 3.05) is 13.6 Å². The first-order valence-electron chi connectivity index (χ1n) is 6.07. The van der Waals surface area contributed by atoms with Crippen LogP contribution in [-0.2, 0) is 17.9 Å². The van der Waals surface area contributed by atoms with Crippen LogP contribution in [0.25, 0.3) is 11.0 Å². The Kier molecular flexibility index (Phi) is 3.80. The summed E-state index contributed by atoms with van der Waals surface area (Å²) >= 11 is 0. The van der Waals surface area contributed by atoms with Crippen molar-refractivity contribution in [2.24, 2.45) is 0 Å². The van der Waals surface area contributed by atoms with Gasteiger partial charge in [-0.2, -0.15) is 0 Å². The van der Waals surface area contributed by atoms with Crippen LogP contribution in [0.3, 0.4) is 0 Å².